The van der Waals surface area contributed by atoms with Gasteiger partial charge in [-0.25, -0.2) is 8.42 Å². The van der Waals surface area contributed by atoms with E-state index in [1.807, 2.05) is 24.1 Å². The monoisotopic (exact) mass is 264 g/mol. The molecule has 0 amide bonds. The molecule has 4 nitrogen and oxygen atoms in total. The van der Waals surface area contributed by atoms with Gasteiger partial charge in [0, 0.05) is 19.3 Å². The van der Waals surface area contributed by atoms with Gasteiger partial charge >= 0.3 is 0 Å². The molecule has 0 atom stereocenters. The average Bonchev–Trinajstić information content (AvgIpc) is 2.35. The lowest BCUT2D eigenvalue weighted by molar-refractivity contribution is 0.586. The summed E-state index contributed by atoms with van der Waals surface area (Å²) in [5.74, 6) is 0.254. The zero-order chi connectivity index (χ0) is 13.2. The normalized spacial score (nSPS) is 16.7. The highest BCUT2D eigenvalue weighted by Crippen LogP contribution is 2.28. The van der Waals surface area contributed by atoms with Gasteiger partial charge in [0.2, 0.25) is 0 Å². The number of sulfone groups is 1. The Labute approximate surface area is 108 Å². The fourth-order valence-electron chi connectivity index (χ4n) is 2.21. The molecule has 0 spiro atoms. The summed E-state index contributed by atoms with van der Waals surface area (Å²) in [4.78, 5) is 2.45. The molecular weight excluding hydrogens is 248 g/mol. The quantitative estimate of drug-likeness (QED) is 0.834. The van der Waals surface area contributed by atoms with Gasteiger partial charge in [-0.3, -0.25) is 0 Å². The van der Waals surface area contributed by atoms with Crippen molar-refractivity contribution in [2.24, 2.45) is 0 Å². The largest absolute Gasteiger partial charge is 0.374 e. The van der Waals surface area contributed by atoms with Gasteiger partial charge in [-0.15, -0.1) is 0 Å². The first kappa shape index (κ1) is 12.9. The van der Waals surface area contributed by atoms with Crippen LogP contribution in [0.2, 0.25) is 0 Å². The van der Waals surface area contributed by atoms with Gasteiger partial charge in [-0.2, -0.15) is 5.26 Å². The molecule has 1 heterocycles. The van der Waals surface area contributed by atoms with Crippen molar-refractivity contribution in [1.29, 1.82) is 5.26 Å². The molecule has 0 fully saturated rings. The van der Waals surface area contributed by atoms with Crippen molar-refractivity contribution in [3.63, 3.8) is 0 Å². The molecule has 0 aliphatic carbocycles. The number of nitriles is 1. The summed E-state index contributed by atoms with van der Waals surface area (Å²) in [6.07, 6.45) is 1.97. The number of anilines is 1. The Kier molecular flexibility index (Phi) is 3.58. The third-order valence-corrected chi connectivity index (χ3v) is 5.13. The number of rotatable bonds is 3. The first-order chi connectivity index (χ1) is 8.54. The van der Waals surface area contributed by atoms with E-state index in [4.69, 9.17) is 5.26 Å². The number of hydrogen-bond acceptors (Lipinski definition) is 4. The Morgan fingerprint density at radius 3 is 2.94 bits per heavy atom. The molecule has 1 aliphatic rings. The Morgan fingerprint density at radius 1 is 1.44 bits per heavy atom. The van der Waals surface area contributed by atoms with E-state index >= 15 is 0 Å². The number of hydrogen-bond donors (Lipinski definition) is 0. The van der Waals surface area contributed by atoms with E-state index in [2.05, 4.69) is 6.07 Å². The van der Waals surface area contributed by atoms with Crippen LogP contribution >= 0.6 is 0 Å². The molecule has 0 saturated carbocycles. The second kappa shape index (κ2) is 4.99. The van der Waals surface area contributed by atoms with E-state index in [9.17, 15) is 8.42 Å². The molecule has 0 radical (unpaired) electrons. The smallest absolute Gasteiger partial charge is 0.178 e. The SMILES string of the molecule is CN(CCC#N)c1ccc2c(c1)CCCS2(=O)=O. The molecule has 0 N–H and O–H groups in total. The summed E-state index contributed by atoms with van der Waals surface area (Å²) >= 11 is 0. The number of fused-ring (bicyclic) bond motifs is 1. The molecular formula is C13H16N2O2S. The van der Waals surface area contributed by atoms with Gasteiger partial charge in [-0.05, 0) is 36.6 Å². The minimum atomic E-state index is -3.07. The van der Waals surface area contributed by atoms with E-state index in [1.165, 1.54) is 0 Å². The molecule has 5 heteroatoms. The van der Waals surface area contributed by atoms with Crippen molar-refractivity contribution in [2.75, 3.05) is 24.2 Å². The van der Waals surface area contributed by atoms with Crippen LogP contribution < -0.4 is 4.90 Å². The zero-order valence-electron chi connectivity index (χ0n) is 10.4. The van der Waals surface area contributed by atoms with Gasteiger partial charge in [0.15, 0.2) is 9.84 Å². The highest BCUT2D eigenvalue weighted by atomic mass is 32.2. The lowest BCUT2D eigenvalue weighted by Crippen LogP contribution is -2.20. The predicted octanol–water partition coefficient (Wildman–Crippen LogP) is 1.76. The van der Waals surface area contributed by atoms with E-state index in [0.717, 1.165) is 17.7 Å². The van der Waals surface area contributed by atoms with Gasteiger partial charge in [0.1, 0.15) is 0 Å². The molecule has 1 aromatic carbocycles. The fraction of sp³-hybridized carbons (Fsp3) is 0.462. The molecule has 18 heavy (non-hydrogen) atoms. The lowest BCUT2D eigenvalue weighted by Gasteiger charge is -2.22. The van der Waals surface area contributed by atoms with Crippen LogP contribution in [-0.2, 0) is 16.3 Å². The molecule has 96 valence electrons. The summed E-state index contributed by atoms with van der Waals surface area (Å²) in [5, 5.41) is 8.57. The van der Waals surface area contributed by atoms with Crippen molar-refractivity contribution in [3.8, 4) is 6.07 Å². The second-order valence-electron chi connectivity index (χ2n) is 4.54. The van der Waals surface area contributed by atoms with Crippen molar-refractivity contribution >= 4 is 15.5 Å². The average molecular weight is 264 g/mol. The van der Waals surface area contributed by atoms with E-state index in [0.29, 0.717) is 24.3 Å². The van der Waals surface area contributed by atoms with Crippen LogP contribution in [0.1, 0.15) is 18.4 Å². The summed E-state index contributed by atoms with van der Waals surface area (Å²) in [7, 11) is -1.16. The van der Waals surface area contributed by atoms with Crippen LogP contribution in [-0.4, -0.2) is 27.8 Å². The minimum absolute atomic E-state index is 0.254. The van der Waals surface area contributed by atoms with Crippen molar-refractivity contribution < 1.29 is 8.42 Å². The van der Waals surface area contributed by atoms with E-state index in [-0.39, 0.29) is 5.75 Å². The van der Waals surface area contributed by atoms with E-state index in [1.54, 1.807) is 6.07 Å². The van der Waals surface area contributed by atoms with Gasteiger partial charge in [0.05, 0.1) is 23.1 Å². The lowest BCUT2D eigenvalue weighted by atomic mass is 10.1. The minimum Gasteiger partial charge on any atom is -0.374 e. The van der Waals surface area contributed by atoms with Crippen LogP contribution in [0.3, 0.4) is 0 Å². The van der Waals surface area contributed by atoms with Crippen LogP contribution in [0.5, 0.6) is 0 Å². The van der Waals surface area contributed by atoms with Crippen LogP contribution in [0.15, 0.2) is 23.1 Å². The number of benzene rings is 1. The Bertz CT molecular complexity index is 587. The maximum absolute atomic E-state index is 11.9. The zero-order valence-corrected chi connectivity index (χ0v) is 11.2. The molecule has 2 rings (SSSR count). The predicted molar refractivity (Wildman–Crippen MR) is 70.3 cm³/mol. The van der Waals surface area contributed by atoms with Crippen molar-refractivity contribution in [3.05, 3.63) is 23.8 Å². The Balaban J connectivity index is 2.31. The Morgan fingerprint density at radius 2 is 2.22 bits per heavy atom. The molecule has 0 aromatic heterocycles. The van der Waals surface area contributed by atoms with Gasteiger partial charge in [0.25, 0.3) is 0 Å². The van der Waals surface area contributed by atoms with Gasteiger partial charge in [-0.1, -0.05) is 0 Å². The Hall–Kier alpha value is -1.54. The topological polar surface area (TPSA) is 61.2 Å². The maximum atomic E-state index is 11.9. The third-order valence-electron chi connectivity index (χ3n) is 3.24. The van der Waals surface area contributed by atoms with Crippen LogP contribution in [0.4, 0.5) is 5.69 Å². The summed E-state index contributed by atoms with van der Waals surface area (Å²) < 4.78 is 23.7. The third kappa shape index (κ3) is 2.49. The molecule has 0 unspecified atom stereocenters. The second-order valence-corrected chi connectivity index (χ2v) is 6.62. The molecule has 0 bridgehead atoms. The van der Waals surface area contributed by atoms with Gasteiger partial charge < -0.3 is 4.90 Å². The fourth-order valence-corrected chi connectivity index (χ4v) is 3.79. The summed E-state index contributed by atoms with van der Waals surface area (Å²) in [5.41, 5.74) is 1.88. The molecule has 1 aliphatic heterocycles. The number of nitrogens with zero attached hydrogens (tertiary/aromatic N) is 2. The summed E-state index contributed by atoms with van der Waals surface area (Å²) in [6, 6.07) is 7.56. The molecule has 0 saturated heterocycles. The van der Waals surface area contributed by atoms with E-state index < -0.39 is 9.84 Å². The standard InChI is InChI=1S/C13H16N2O2S/c1-15(8-3-7-14)12-5-6-13-11(10-12)4-2-9-18(13,16)17/h5-6,10H,2-4,8-9H2,1H3. The summed E-state index contributed by atoms with van der Waals surface area (Å²) in [6.45, 7) is 0.655. The number of aryl methyl sites for hydroxylation is 1. The van der Waals surface area contributed by atoms with Crippen LogP contribution in [0, 0.1) is 11.3 Å². The first-order valence-electron chi connectivity index (χ1n) is 5.98. The van der Waals surface area contributed by atoms with Crippen molar-refractivity contribution in [2.45, 2.75) is 24.2 Å². The van der Waals surface area contributed by atoms with Crippen molar-refractivity contribution in [1.82, 2.24) is 0 Å². The molecule has 1 aromatic rings. The van der Waals surface area contributed by atoms with Crippen LogP contribution in [0.25, 0.3) is 0 Å². The highest BCUT2D eigenvalue weighted by Gasteiger charge is 2.23. The first-order valence-corrected chi connectivity index (χ1v) is 7.63. The highest BCUT2D eigenvalue weighted by molar-refractivity contribution is 7.91. The maximum Gasteiger partial charge on any atom is 0.178 e.